The molecule has 2 amide bonds. The highest BCUT2D eigenvalue weighted by atomic mass is 19.4. The number of imidazole rings is 1. The molecule has 2 atom stereocenters. The van der Waals surface area contributed by atoms with Crippen molar-refractivity contribution in [1.82, 2.24) is 20.2 Å². The number of aromatic amines is 1. The number of para-hydroxylation sites is 2. The Labute approximate surface area is 137 Å². The second kappa shape index (κ2) is 6.33. The highest BCUT2D eigenvalue weighted by Crippen LogP contribution is 2.33. The molecule has 2 aromatic rings. The fourth-order valence-corrected chi connectivity index (χ4v) is 2.95. The number of piperidine rings is 1. The molecule has 0 saturated carbocycles. The van der Waals surface area contributed by atoms with E-state index in [0.29, 0.717) is 18.8 Å². The molecule has 2 heterocycles. The fraction of sp³-hybridized carbons (Fsp3) is 0.500. The number of aromatic nitrogens is 2. The molecular weight excluding hydrogens is 321 g/mol. The van der Waals surface area contributed by atoms with Gasteiger partial charge in [0.1, 0.15) is 5.82 Å². The van der Waals surface area contributed by atoms with Gasteiger partial charge in [-0.25, -0.2) is 9.78 Å². The first-order chi connectivity index (χ1) is 11.3. The second-order valence-electron chi connectivity index (χ2n) is 6.14. The average molecular weight is 340 g/mol. The minimum atomic E-state index is -4.26. The number of halogens is 3. The Hall–Kier alpha value is -2.25. The van der Waals surface area contributed by atoms with Gasteiger partial charge in [-0.15, -0.1) is 0 Å². The molecule has 2 N–H and O–H groups in total. The highest BCUT2D eigenvalue weighted by molar-refractivity contribution is 5.76. The third-order valence-corrected chi connectivity index (χ3v) is 4.33. The summed E-state index contributed by atoms with van der Waals surface area (Å²) in [6.07, 6.45) is -3.83. The first kappa shape index (κ1) is 16.6. The van der Waals surface area contributed by atoms with Crippen molar-refractivity contribution < 1.29 is 18.0 Å². The van der Waals surface area contributed by atoms with Crippen LogP contribution in [0.4, 0.5) is 18.0 Å². The molecular formula is C16H19F3N4O. The van der Waals surface area contributed by atoms with Crippen LogP contribution in [0.2, 0.25) is 0 Å². The molecule has 1 saturated heterocycles. The number of fused-ring (bicyclic) bond motifs is 1. The van der Waals surface area contributed by atoms with E-state index in [1.165, 1.54) is 4.90 Å². The summed E-state index contributed by atoms with van der Waals surface area (Å²) in [5.41, 5.74) is 1.63. The van der Waals surface area contributed by atoms with Gasteiger partial charge in [-0.2, -0.15) is 13.2 Å². The molecule has 0 spiro atoms. The van der Waals surface area contributed by atoms with E-state index in [-0.39, 0.29) is 13.0 Å². The molecule has 24 heavy (non-hydrogen) atoms. The van der Waals surface area contributed by atoms with E-state index in [4.69, 9.17) is 0 Å². The third-order valence-electron chi connectivity index (χ3n) is 4.33. The van der Waals surface area contributed by atoms with Crippen LogP contribution in [-0.2, 0) is 0 Å². The number of rotatable bonds is 2. The number of urea groups is 1. The zero-order valence-corrected chi connectivity index (χ0v) is 13.2. The lowest BCUT2D eigenvalue weighted by molar-refractivity contribution is -0.184. The van der Waals surface area contributed by atoms with E-state index >= 15 is 0 Å². The summed E-state index contributed by atoms with van der Waals surface area (Å²) in [5, 5.41) is 2.72. The van der Waals surface area contributed by atoms with Crippen LogP contribution in [-0.4, -0.2) is 40.2 Å². The quantitative estimate of drug-likeness (QED) is 0.877. The second-order valence-corrected chi connectivity index (χ2v) is 6.14. The number of alkyl halides is 3. The van der Waals surface area contributed by atoms with Crippen molar-refractivity contribution in [3.05, 3.63) is 30.1 Å². The van der Waals surface area contributed by atoms with Gasteiger partial charge in [-0.3, -0.25) is 0 Å². The van der Waals surface area contributed by atoms with E-state index in [1.807, 2.05) is 24.3 Å². The van der Waals surface area contributed by atoms with Gasteiger partial charge in [-0.05, 0) is 31.9 Å². The number of carbonyl (C=O) groups excluding carboxylic acids is 1. The Bertz CT molecular complexity index is 694. The lowest BCUT2D eigenvalue weighted by Gasteiger charge is -2.34. The zero-order chi connectivity index (χ0) is 17.3. The normalized spacial score (nSPS) is 20.2. The molecule has 3 rings (SSSR count). The smallest absolute Gasteiger partial charge is 0.340 e. The number of likely N-dealkylation sites (tertiary alicyclic amines) is 1. The van der Waals surface area contributed by atoms with E-state index in [1.54, 1.807) is 6.92 Å². The Kier molecular flexibility index (Phi) is 4.38. The molecule has 1 aliphatic rings. The third kappa shape index (κ3) is 3.47. The molecule has 1 aliphatic heterocycles. The van der Waals surface area contributed by atoms with Crippen molar-refractivity contribution in [2.75, 3.05) is 13.1 Å². The standard InChI is InChI=1S/C16H19F3N4O/c1-10(14-21-12-6-2-3-7-13(12)22-14)20-15(24)23-8-4-5-11(9-23)16(17,18)19/h2-3,6-7,10-11H,4-5,8-9H2,1H3,(H,20,24)(H,21,22)/t10-,11+/m0/s1. The van der Waals surface area contributed by atoms with Crippen LogP contribution in [0, 0.1) is 5.92 Å². The highest BCUT2D eigenvalue weighted by Gasteiger charge is 2.42. The minimum Gasteiger partial charge on any atom is -0.340 e. The Morgan fingerprint density at radius 1 is 1.42 bits per heavy atom. The summed E-state index contributed by atoms with van der Waals surface area (Å²) >= 11 is 0. The SMILES string of the molecule is C[C@H](NC(=O)N1CCC[C@@H](C(F)(F)F)C1)c1nc2ccccc2[nH]1. The Morgan fingerprint density at radius 3 is 2.88 bits per heavy atom. The predicted molar refractivity (Wildman–Crippen MR) is 83.4 cm³/mol. The summed E-state index contributed by atoms with van der Waals surface area (Å²) in [6.45, 7) is 1.80. The van der Waals surface area contributed by atoms with Crippen LogP contribution in [0.1, 0.15) is 31.6 Å². The maximum Gasteiger partial charge on any atom is 0.393 e. The number of nitrogens with zero attached hydrogens (tertiary/aromatic N) is 2. The van der Waals surface area contributed by atoms with E-state index in [2.05, 4.69) is 15.3 Å². The van der Waals surface area contributed by atoms with Crippen LogP contribution < -0.4 is 5.32 Å². The summed E-state index contributed by atoms with van der Waals surface area (Å²) in [4.78, 5) is 21.0. The summed E-state index contributed by atoms with van der Waals surface area (Å²) < 4.78 is 38.6. The molecule has 0 radical (unpaired) electrons. The maximum atomic E-state index is 12.9. The maximum absolute atomic E-state index is 12.9. The zero-order valence-electron chi connectivity index (χ0n) is 13.2. The lowest BCUT2D eigenvalue weighted by atomic mass is 9.98. The van der Waals surface area contributed by atoms with Crippen molar-refractivity contribution in [3.63, 3.8) is 0 Å². The topological polar surface area (TPSA) is 61.0 Å². The van der Waals surface area contributed by atoms with E-state index in [0.717, 1.165) is 11.0 Å². The Balaban J connectivity index is 1.65. The van der Waals surface area contributed by atoms with Crippen LogP contribution in [0.15, 0.2) is 24.3 Å². The van der Waals surface area contributed by atoms with Crippen molar-refractivity contribution in [2.24, 2.45) is 5.92 Å². The molecule has 5 nitrogen and oxygen atoms in total. The van der Waals surface area contributed by atoms with Crippen molar-refractivity contribution in [1.29, 1.82) is 0 Å². The molecule has 1 fully saturated rings. The number of nitrogens with one attached hydrogen (secondary N) is 2. The summed E-state index contributed by atoms with van der Waals surface area (Å²) in [6, 6.07) is 6.55. The summed E-state index contributed by atoms with van der Waals surface area (Å²) in [5.74, 6) is -0.868. The van der Waals surface area contributed by atoms with Crippen LogP contribution >= 0.6 is 0 Å². The molecule has 0 bridgehead atoms. The van der Waals surface area contributed by atoms with Gasteiger partial charge >= 0.3 is 12.2 Å². The predicted octanol–water partition coefficient (Wildman–Crippen LogP) is 3.61. The number of amides is 2. The van der Waals surface area contributed by atoms with Crippen LogP contribution in [0.3, 0.4) is 0 Å². The number of H-pyrrole nitrogens is 1. The number of carbonyl (C=O) groups is 1. The fourth-order valence-electron chi connectivity index (χ4n) is 2.95. The molecule has 1 aromatic carbocycles. The minimum absolute atomic E-state index is 0.0758. The van der Waals surface area contributed by atoms with Crippen LogP contribution in [0.25, 0.3) is 11.0 Å². The molecule has 0 aliphatic carbocycles. The molecule has 0 unspecified atom stereocenters. The number of benzene rings is 1. The Morgan fingerprint density at radius 2 is 2.17 bits per heavy atom. The molecule has 8 heteroatoms. The van der Waals surface area contributed by atoms with Gasteiger partial charge in [0.15, 0.2) is 0 Å². The first-order valence-corrected chi connectivity index (χ1v) is 7.91. The first-order valence-electron chi connectivity index (χ1n) is 7.91. The number of hydrogen-bond acceptors (Lipinski definition) is 2. The van der Waals surface area contributed by atoms with Gasteiger partial charge in [0.2, 0.25) is 0 Å². The monoisotopic (exact) mass is 340 g/mol. The van der Waals surface area contributed by atoms with E-state index in [9.17, 15) is 18.0 Å². The molecule has 1 aromatic heterocycles. The van der Waals surface area contributed by atoms with E-state index < -0.39 is 24.2 Å². The van der Waals surface area contributed by atoms with Gasteiger partial charge in [0.05, 0.1) is 23.0 Å². The van der Waals surface area contributed by atoms with Gasteiger partial charge < -0.3 is 15.2 Å². The number of hydrogen-bond donors (Lipinski definition) is 2. The largest absolute Gasteiger partial charge is 0.393 e. The van der Waals surface area contributed by atoms with Crippen molar-refractivity contribution in [3.8, 4) is 0 Å². The summed E-state index contributed by atoms with van der Waals surface area (Å²) in [7, 11) is 0. The van der Waals surface area contributed by atoms with Gasteiger partial charge in [0, 0.05) is 13.1 Å². The van der Waals surface area contributed by atoms with Crippen molar-refractivity contribution >= 4 is 17.1 Å². The van der Waals surface area contributed by atoms with Crippen molar-refractivity contribution in [2.45, 2.75) is 32.0 Å². The lowest BCUT2D eigenvalue weighted by Crippen LogP contribution is -2.49. The van der Waals surface area contributed by atoms with Gasteiger partial charge in [-0.1, -0.05) is 12.1 Å². The average Bonchev–Trinajstić information content (AvgIpc) is 2.98. The van der Waals surface area contributed by atoms with Gasteiger partial charge in [0.25, 0.3) is 0 Å². The molecule has 130 valence electrons. The van der Waals surface area contributed by atoms with Crippen LogP contribution in [0.5, 0.6) is 0 Å².